The molecule has 2 fully saturated rings. The van der Waals surface area contributed by atoms with Crippen molar-refractivity contribution in [3.63, 3.8) is 0 Å². The molecule has 48 heavy (non-hydrogen) atoms. The lowest BCUT2D eigenvalue weighted by Crippen LogP contribution is -2.56. The summed E-state index contributed by atoms with van der Waals surface area (Å²) in [5, 5.41) is 0. The van der Waals surface area contributed by atoms with E-state index >= 15 is 0 Å². The lowest BCUT2D eigenvalue weighted by molar-refractivity contribution is -0.254. The number of benzene rings is 5. The Labute approximate surface area is 283 Å². The van der Waals surface area contributed by atoms with Crippen LogP contribution in [0.4, 0.5) is 0 Å². The van der Waals surface area contributed by atoms with Crippen molar-refractivity contribution in [2.45, 2.75) is 53.7 Å². The van der Waals surface area contributed by atoms with E-state index in [4.69, 9.17) is 18.9 Å². The number of fused-ring (bicyclic) bond motifs is 1. The summed E-state index contributed by atoms with van der Waals surface area (Å²) in [6, 6.07) is 47.1. The first kappa shape index (κ1) is 32.4. The molecule has 5 aromatic carbocycles. The van der Waals surface area contributed by atoms with Gasteiger partial charge in [0.1, 0.15) is 22.6 Å². The summed E-state index contributed by atoms with van der Waals surface area (Å²) >= 11 is 0. The zero-order valence-electron chi connectivity index (χ0n) is 27.1. The number of methoxy groups -OCH3 is 1. The van der Waals surface area contributed by atoms with Crippen molar-refractivity contribution in [1.29, 1.82) is 0 Å². The molecule has 0 unspecified atom stereocenters. The van der Waals surface area contributed by atoms with E-state index in [1.54, 1.807) is 19.2 Å². The highest BCUT2D eigenvalue weighted by Crippen LogP contribution is 2.62. The predicted molar refractivity (Wildman–Crippen MR) is 185 cm³/mol. The Balaban J connectivity index is 1.30. The van der Waals surface area contributed by atoms with Crippen molar-refractivity contribution in [3.05, 3.63) is 173 Å². The standard InChI is InChI=1S/C41H40O6S/c1-30-23-25-35(26-24-30)48(42,43)40-27-36(40)38(45-28-31-15-7-3-8-16-31)39(44-2)47-37(40)29-46-41(32-17-9-4-10-18-32,33-19-11-5-12-20-33)34-21-13-6-14-22-34/h3-26,36-39H,27-29H2,1-2H3/t36-,37-,38-,39+,40+/m1/s1. The Kier molecular flexibility index (Phi) is 9.07. The number of ether oxygens (including phenoxy) is 4. The first-order valence-electron chi connectivity index (χ1n) is 16.4. The number of sulfone groups is 1. The second-order valence-electron chi connectivity index (χ2n) is 12.7. The van der Waals surface area contributed by atoms with E-state index in [-0.39, 0.29) is 17.4 Å². The van der Waals surface area contributed by atoms with Crippen LogP contribution < -0.4 is 0 Å². The summed E-state index contributed by atoms with van der Waals surface area (Å²) in [5.74, 6) is -0.362. The Morgan fingerprint density at radius 2 is 1.23 bits per heavy atom. The zero-order chi connectivity index (χ0) is 33.2. The second kappa shape index (κ2) is 13.4. The highest BCUT2D eigenvalue weighted by atomic mass is 32.2. The first-order valence-corrected chi connectivity index (χ1v) is 17.8. The molecule has 5 aromatic rings. The summed E-state index contributed by atoms with van der Waals surface area (Å²) in [6.45, 7) is 2.25. The van der Waals surface area contributed by atoms with E-state index in [1.165, 1.54) is 0 Å². The Bertz CT molecular complexity index is 1800. The van der Waals surface area contributed by atoms with Crippen LogP contribution in [0.3, 0.4) is 0 Å². The lowest BCUT2D eigenvalue weighted by Gasteiger charge is -2.42. The molecule has 7 rings (SSSR count). The van der Waals surface area contributed by atoms with Gasteiger partial charge in [-0.25, -0.2) is 8.42 Å². The molecule has 2 aliphatic rings. The third-order valence-corrected chi connectivity index (χ3v) is 12.5. The van der Waals surface area contributed by atoms with E-state index in [0.717, 1.165) is 27.8 Å². The van der Waals surface area contributed by atoms with Crippen LogP contribution in [0.5, 0.6) is 0 Å². The molecule has 1 saturated carbocycles. The van der Waals surface area contributed by atoms with Gasteiger partial charge in [0.2, 0.25) is 0 Å². The fourth-order valence-electron chi connectivity index (χ4n) is 7.31. The summed E-state index contributed by atoms with van der Waals surface area (Å²) in [6.07, 6.45) is -1.85. The van der Waals surface area contributed by atoms with Gasteiger partial charge in [0.15, 0.2) is 16.1 Å². The number of hydrogen-bond donors (Lipinski definition) is 0. The van der Waals surface area contributed by atoms with Gasteiger partial charge in [-0.3, -0.25) is 0 Å². The van der Waals surface area contributed by atoms with Gasteiger partial charge in [-0.05, 0) is 47.7 Å². The monoisotopic (exact) mass is 660 g/mol. The van der Waals surface area contributed by atoms with Crippen LogP contribution in [0.25, 0.3) is 0 Å². The predicted octanol–water partition coefficient (Wildman–Crippen LogP) is 7.49. The number of rotatable bonds is 12. The maximum absolute atomic E-state index is 14.8. The zero-order valence-corrected chi connectivity index (χ0v) is 28.0. The fourth-order valence-corrected chi connectivity index (χ4v) is 9.65. The smallest absolute Gasteiger partial charge is 0.187 e. The molecule has 0 N–H and O–H groups in total. The lowest BCUT2D eigenvalue weighted by atomic mass is 9.80. The number of hydrogen-bond acceptors (Lipinski definition) is 6. The molecule has 1 aliphatic heterocycles. The van der Waals surface area contributed by atoms with Crippen LogP contribution in [0, 0.1) is 12.8 Å². The normalized spacial score (nSPS) is 23.7. The van der Waals surface area contributed by atoms with Crippen LogP contribution in [0.2, 0.25) is 0 Å². The minimum Gasteiger partial charge on any atom is -0.368 e. The van der Waals surface area contributed by atoms with Gasteiger partial charge in [-0.1, -0.05) is 139 Å². The van der Waals surface area contributed by atoms with Crippen LogP contribution in [0.1, 0.15) is 34.2 Å². The molecule has 0 aromatic heterocycles. The van der Waals surface area contributed by atoms with Gasteiger partial charge in [0, 0.05) is 13.0 Å². The molecule has 1 aliphatic carbocycles. The maximum Gasteiger partial charge on any atom is 0.187 e. The summed E-state index contributed by atoms with van der Waals surface area (Å²) < 4.78 is 54.5. The molecule has 0 radical (unpaired) electrons. The van der Waals surface area contributed by atoms with Gasteiger partial charge in [-0.2, -0.15) is 0 Å². The van der Waals surface area contributed by atoms with Gasteiger partial charge in [0.25, 0.3) is 0 Å². The highest BCUT2D eigenvalue weighted by Gasteiger charge is 2.75. The van der Waals surface area contributed by atoms with E-state index in [0.29, 0.717) is 13.0 Å². The molecular weight excluding hydrogens is 621 g/mol. The van der Waals surface area contributed by atoms with Gasteiger partial charge in [-0.15, -0.1) is 0 Å². The Morgan fingerprint density at radius 1 is 0.729 bits per heavy atom. The van der Waals surface area contributed by atoms with Crippen molar-refractivity contribution >= 4 is 9.84 Å². The van der Waals surface area contributed by atoms with Crippen LogP contribution >= 0.6 is 0 Å². The second-order valence-corrected chi connectivity index (χ2v) is 14.9. The third-order valence-electron chi connectivity index (χ3n) is 9.86. The van der Waals surface area contributed by atoms with E-state index in [9.17, 15) is 8.42 Å². The minimum atomic E-state index is -3.90. The Morgan fingerprint density at radius 3 is 1.73 bits per heavy atom. The van der Waals surface area contributed by atoms with Crippen molar-refractivity contribution in [3.8, 4) is 0 Å². The van der Waals surface area contributed by atoms with E-state index in [2.05, 4.69) is 0 Å². The SMILES string of the molecule is CO[C@H]1O[C@H](COC(c2ccccc2)(c2ccccc2)c2ccccc2)[C@]2(S(=O)(=O)c3ccc(C)cc3)C[C@@H]2[C@H]1OCc1ccccc1. The molecule has 0 spiro atoms. The van der Waals surface area contributed by atoms with Crippen molar-refractivity contribution in [1.82, 2.24) is 0 Å². The topological polar surface area (TPSA) is 71.1 Å². The quantitative estimate of drug-likeness (QED) is 0.129. The largest absolute Gasteiger partial charge is 0.368 e. The molecule has 6 nitrogen and oxygen atoms in total. The van der Waals surface area contributed by atoms with Crippen molar-refractivity contribution < 1.29 is 27.4 Å². The third kappa shape index (κ3) is 5.70. The minimum absolute atomic E-state index is 0.00839. The average Bonchev–Trinajstić information content (AvgIpc) is 3.91. The van der Waals surface area contributed by atoms with Gasteiger partial charge in [0.05, 0.1) is 18.1 Å². The van der Waals surface area contributed by atoms with Crippen LogP contribution in [-0.4, -0.2) is 45.4 Å². The molecular formula is C41H40O6S. The molecule has 0 amide bonds. The molecule has 7 heteroatoms. The van der Waals surface area contributed by atoms with Gasteiger partial charge >= 0.3 is 0 Å². The molecule has 246 valence electrons. The van der Waals surface area contributed by atoms with Crippen LogP contribution in [0.15, 0.2) is 150 Å². The van der Waals surface area contributed by atoms with E-state index in [1.807, 2.05) is 140 Å². The average molecular weight is 661 g/mol. The van der Waals surface area contributed by atoms with E-state index < -0.39 is 38.7 Å². The first-order chi connectivity index (χ1) is 23.4. The number of aryl methyl sites for hydroxylation is 1. The van der Waals surface area contributed by atoms with Crippen LogP contribution in [-0.2, 0) is 41.0 Å². The van der Waals surface area contributed by atoms with Crippen molar-refractivity contribution in [2.24, 2.45) is 5.92 Å². The summed E-state index contributed by atoms with van der Waals surface area (Å²) in [4.78, 5) is 0.266. The summed E-state index contributed by atoms with van der Waals surface area (Å²) in [7, 11) is -2.33. The fraction of sp³-hybridized carbons (Fsp3) is 0.268. The maximum atomic E-state index is 14.8. The Hall–Kier alpha value is -4.11. The van der Waals surface area contributed by atoms with Gasteiger partial charge < -0.3 is 18.9 Å². The molecule has 5 atom stereocenters. The summed E-state index contributed by atoms with van der Waals surface area (Å²) in [5.41, 5.74) is 3.70. The van der Waals surface area contributed by atoms with Crippen molar-refractivity contribution in [2.75, 3.05) is 13.7 Å². The molecule has 1 heterocycles. The molecule has 0 bridgehead atoms. The highest BCUT2D eigenvalue weighted by molar-refractivity contribution is 7.93. The molecule has 1 saturated heterocycles.